The average molecular weight is 969 g/mol. The quantitative estimate of drug-likeness (QED) is 0.144. The van der Waals surface area contributed by atoms with Gasteiger partial charge in [0.1, 0.15) is 12.5 Å². The van der Waals surface area contributed by atoms with Crippen LogP contribution in [0.3, 0.4) is 0 Å². The van der Waals surface area contributed by atoms with Gasteiger partial charge in [-0.25, -0.2) is 4.98 Å². The lowest BCUT2D eigenvalue weighted by Crippen LogP contribution is -2.56. The molecule has 0 amide bonds. The number of fused-ring (bicyclic) bond motifs is 5. The molecule has 3 heterocycles. The molecule has 4 nitrogen and oxygen atoms in total. The molecule has 9 aromatic carbocycles. The number of para-hydroxylation sites is 4. The smallest absolute Gasteiger partial charge is 0.137 e. The second kappa shape index (κ2) is 17.2. The predicted molar refractivity (Wildman–Crippen MR) is 312 cm³/mol. The third kappa shape index (κ3) is 6.84. The Morgan fingerprint density at radius 1 is 0.467 bits per heavy atom. The summed E-state index contributed by atoms with van der Waals surface area (Å²) in [5, 5.41) is 5.26. The zero-order valence-corrected chi connectivity index (χ0v) is 42.8. The summed E-state index contributed by atoms with van der Waals surface area (Å²) in [6, 6.07) is 84.0. The van der Waals surface area contributed by atoms with E-state index in [4.69, 9.17) is 4.98 Å². The second-order valence-electron chi connectivity index (χ2n) is 22.8. The van der Waals surface area contributed by atoms with Gasteiger partial charge >= 0.3 is 0 Å². The van der Waals surface area contributed by atoms with Gasteiger partial charge in [-0.3, -0.25) is 4.57 Å². The monoisotopic (exact) mass is 968 g/mol. The van der Waals surface area contributed by atoms with Gasteiger partial charge in [0.15, 0.2) is 0 Å². The summed E-state index contributed by atoms with van der Waals surface area (Å²) in [5.74, 6) is 3.95. The Morgan fingerprint density at radius 3 is 1.79 bits per heavy atom. The molecule has 4 bridgehead atoms. The molecule has 4 saturated carbocycles. The number of hydrogen-bond acceptors (Lipinski definition) is 3. The van der Waals surface area contributed by atoms with Crippen molar-refractivity contribution >= 4 is 55.3 Å². The van der Waals surface area contributed by atoms with E-state index in [1.54, 1.807) is 0 Å². The third-order valence-corrected chi connectivity index (χ3v) is 18.6. The number of nitrogens with zero attached hydrogens (tertiary/aromatic N) is 4. The Labute approximate surface area is 440 Å². The molecule has 2 aromatic heterocycles. The van der Waals surface area contributed by atoms with Crippen molar-refractivity contribution < 1.29 is 0 Å². The van der Waals surface area contributed by atoms with Gasteiger partial charge in [0, 0.05) is 44.6 Å². The van der Waals surface area contributed by atoms with Crippen molar-refractivity contribution in [2.75, 3.05) is 16.5 Å². The summed E-state index contributed by atoms with van der Waals surface area (Å²) in [6.45, 7) is 5.47. The van der Waals surface area contributed by atoms with Crippen LogP contribution in [0.15, 0.2) is 231 Å². The minimum absolute atomic E-state index is 0.0642. The van der Waals surface area contributed by atoms with Crippen LogP contribution in [0.2, 0.25) is 0 Å². The lowest BCUT2D eigenvalue weighted by atomic mass is 9.42. The maximum absolute atomic E-state index is 5.33. The van der Waals surface area contributed by atoms with E-state index in [9.17, 15) is 0 Å². The van der Waals surface area contributed by atoms with Crippen molar-refractivity contribution in [1.82, 2.24) is 9.55 Å². The van der Waals surface area contributed by atoms with E-state index in [0.717, 1.165) is 17.7 Å². The van der Waals surface area contributed by atoms with Gasteiger partial charge in [0.05, 0.1) is 28.1 Å². The van der Waals surface area contributed by atoms with Crippen molar-refractivity contribution in [3.63, 3.8) is 0 Å². The molecule has 0 unspecified atom stereocenters. The van der Waals surface area contributed by atoms with Gasteiger partial charge < -0.3 is 9.80 Å². The lowest BCUT2D eigenvalue weighted by molar-refractivity contribution is -0.0412. The van der Waals surface area contributed by atoms with Gasteiger partial charge in [-0.2, -0.15) is 0 Å². The van der Waals surface area contributed by atoms with Gasteiger partial charge in [0.2, 0.25) is 0 Å². The number of pyridine rings is 1. The maximum atomic E-state index is 5.33. The molecule has 4 aliphatic carbocycles. The Bertz CT molecular complexity index is 3910. The van der Waals surface area contributed by atoms with Crippen molar-refractivity contribution in [3.05, 3.63) is 253 Å². The first-order chi connectivity index (χ1) is 36.9. The minimum Gasteiger partial charge on any atom is -0.321 e. The highest BCUT2D eigenvalue weighted by Gasteiger charge is 2.59. The highest BCUT2D eigenvalue weighted by Crippen LogP contribution is 2.66. The van der Waals surface area contributed by atoms with Crippen LogP contribution in [-0.4, -0.2) is 16.2 Å². The summed E-state index contributed by atoms with van der Waals surface area (Å²) in [6.07, 6.45) is 8.84. The minimum atomic E-state index is -0.334. The summed E-state index contributed by atoms with van der Waals surface area (Å²) in [7, 11) is 0. The van der Waals surface area contributed by atoms with Crippen molar-refractivity contribution in [2.24, 2.45) is 23.7 Å². The van der Waals surface area contributed by atoms with Crippen molar-refractivity contribution in [1.29, 1.82) is 0 Å². The summed E-state index contributed by atoms with van der Waals surface area (Å²) in [5.41, 5.74) is 17.1. The zero-order chi connectivity index (χ0) is 49.8. The van der Waals surface area contributed by atoms with Crippen LogP contribution in [0.4, 0.5) is 22.7 Å². The van der Waals surface area contributed by atoms with E-state index < -0.39 is 0 Å². The van der Waals surface area contributed by atoms with Crippen LogP contribution in [0.5, 0.6) is 0 Å². The lowest BCUT2D eigenvalue weighted by Gasteiger charge is -2.62. The number of rotatable bonds is 9. The molecule has 0 spiro atoms. The molecule has 0 atom stereocenters. The van der Waals surface area contributed by atoms with E-state index in [-0.39, 0.29) is 10.8 Å². The largest absolute Gasteiger partial charge is 0.321 e. The standard InChI is InChI=1S/C71H60N4/c1-70(2,52-24-16-25-57(43-52)73-46-74(66-33-14-13-32-65(66)73)69-59(50-18-5-3-6-19-50)28-17-29-60(69)51-20-7-4-8-21-51)53-34-35-62-61-27-11-12-31-64(61)75(67(62)44-53)68-45-54(36-37-72-68)71(55-39-47-38-48(41-55)42-56(71)40-47)63-30-15-23-49-22-9-10-26-58(49)63/h3-37,43-45,47-48,55-56H,38-42,46H2,1-2H3. The van der Waals surface area contributed by atoms with Crippen LogP contribution in [0, 0.1) is 23.7 Å². The molecule has 364 valence electrons. The highest BCUT2D eigenvalue weighted by molar-refractivity contribution is 6.09. The number of anilines is 4. The normalized spacial score (nSPS) is 20.9. The van der Waals surface area contributed by atoms with E-state index in [1.165, 1.54) is 132 Å². The molecule has 75 heavy (non-hydrogen) atoms. The molecule has 0 N–H and O–H groups in total. The molecule has 4 fully saturated rings. The fourth-order valence-electron chi connectivity index (χ4n) is 15.4. The average Bonchev–Trinajstić information content (AvgIpc) is 4.02. The van der Waals surface area contributed by atoms with Crippen molar-refractivity contribution in [3.8, 4) is 28.1 Å². The summed E-state index contributed by atoms with van der Waals surface area (Å²) < 4.78 is 2.48. The van der Waals surface area contributed by atoms with Crippen molar-refractivity contribution in [2.45, 2.75) is 56.8 Å². The predicted octanol–water partition coefficient (Wildman–Crippen LogP) is 18.0. The Morgan fingerprint density at radius 2 is 1.05 bits per heavy atom. The second-order valence-corrected chi connectivity index (χ2v) is 22.8. The fraction of sp³-hybridized carbons (Fsp3) is 0.197. The first-order valence-electron chi connectivity index (χ1n) is 27.4. The number of benzene rings is 9. The van der Waals surface area contributed by atoms with E-state index in [1.807, 2.05) is 0 Å². The van der Waals surface area contributed by atoms with Gasteiger partial charge in [-0.1, -0.05) is 190 Å². The molecule has 0 saturated heterocycles. The number of hydrogen-bond donors (Lipinski definition) is 0. The molecule has 5 aliphatic rings. The summed E-state index contributed by atoms with van der Waals surface area (Å²) >= 11 is 0. The Hall–Kier alpha value is -8.21. The summed E-state index contributed by atoms with van der Waals surface area (Å²) in [4.78, 5) is 10.4. The Kier molecular flexibility index (Phi) is 10.1. The molecule has 0 radical (unpaired) electrons. The van der Waals surface area contributed by atoms with Crippen LogP contribution < -0.4 is 9.80 Å². The van der Waals surface area contributed by atoms with Crippen LogP contribution in [-0.2, 0) is 10.8 Å². The molecular weight excluding hydrogens is 909 g/mol. The molecular formula is C71H60N4. The molecule has 4 heteroatoms. The zero-order valence-electron chi connectivity index (χ0n) is 42.8. The maximum Gasteiger partial charge on any atom is 0.137 e. The Balaban J connectivity index is 0.834. The van der Waals surface area contributed by atoms with Crippen LogP contribution >= 0.6 is 0 Å². The SMILES string of the molecule is CC(C)(c1cccc(N2CN(c3c(-c4ccccc4)cccc3-c3ccccc3)c3ccccc32)c1)c1ccc2c3ccccc3n(-c3cc(C4(c5cccc6ccccc56)C5CC6CC(C5)CC4C6)ccn3)c2c1. The first kappa shape index (κ1) is 44.3. The third-order valence-electron chi connectivity index (χ3n) is 18.6. The molecule has 11 aromatic rings. The topological polar surface area (TPSA) is 24.3 Å². The van der Waals surface area contributed by atoms with E-state index in [2.05, 4.69) is 259 Å². The van der Waals surface area contributed by atoms with Gasteiger partial charge in [0.25, 0.3) is 0 Å². The van der Waals surface area contributed by atoms with Crippen LogP contribution in [0.25, 0.3) is 60.6 Å². The van der Waals surface area contributed by atoms with Gasteiger partial charge in [-0.05, 0) is 148 Å². The van der Waals surface area contributed by atoms with Crippen LogP contribution in [0.1, 0.15) is 68.2 Å². The number of aromatic nitrogens is 2. The highest BCUT2D eigenvalue weighted by atomic mass is 15.4. The van der Waals surface area contributed by atoms with Gasteiger partial charge in [-0.15, -0.1) is 0 Å². The van der Waals surface area contributed by atoms with E-state index >= 15 is 0 Å². The fourth-order valence-corrected chi connectivity index (χ4v) is 15.4. The first-order valence-corrected chi connectivity index (χ1v) is 27.4. The van der Waals surface area contributed by atoms with E-state index in [0.29, 0.717) is 18.5 Å². The molecule has 16 rings (SSSR count). The molecule has 1 aliphatic heterocycles.